The molecule has 0 atom stereocenters. The van der Waals surface area contributed by atoms with Crippen LogP contribution in [-0.4, -0.2) is 0 Å². The second kappa shape index (κ2) is 5.05. The second-order valence-corrected chi connectivity index (χ2v) is 5.91. The molecule has 3 aromatic rings. The highest BCUT2D eigenvalue weighted by atomic mass is 16.3. The topological polar surface area (TPSA) is 39.2 Å². The molecule has 1 aliphatic carbocycles. The smallest absolute Gasteiger partial charge is 0.134 e. The van der Waals surface area contributed by atoms with Gasteiger partial charge in [0.15, 0.2) is 0 Å². The first-order valence-electron chi connectivity index (χ1n) is 7.63. The maximum atomic E-state index is 5.93. The number of hydrogen-bond acceptors (Lipinski definition) is 2. The molecule has 2 heteroatoms. The number of nitrogens with two attached hydrogens (primary N) is 1. The highest BCUT2D eigenvalue weighted by Crippen LogP contribution is 2.46. The summed E-state index contributed by atoms with van der Waals surface area (Å²) in [6.07, 6.45) is 3.50. The Kier molecular flexibility index (Phi) is 3.04. The van der Waals surface area contributed by atoms with Gasteiger partial charge in [0.2, 0.25) is 0 Å². The molecule has 2 nitrogen and oxygen atoms in total. The minimum atomic E-state index is 0.495. The molecule has 2 aromatic carbocycles. The summed E-state index contributed by atoms with van der Waals surface area (Å²) in [5.74, 6) is 1.64. The van der Waals surface area contributed by atoms with Gasteiger partial charge in [0.1, 0.15) is 11.3 Å². The number of furan rings is 1. The summed E-state index contributed by atoms with van der Waals surface area (Å²) in [6, 6.07) is 17.1. The standard InChI is InChI=1S/C19H19NO/c20-12-18-19(15-7-8-15)16-11-14(6-9-17(16)21-18)10-13-4-2-1-3-5-13/h1-6,9,11,15H,7-8,10,12,20H2. The first-order chi connectivity index (χ1) is 10.3. The van der Waals surface area contributed by atoms with E-state index < -0.39 is 0 Å². The average molecular weight is 277 g/mol. The molecule has 1 saturated carbocycles. The summed E-state index contributed by atoms with van der Waals surface area (Å²) < 4.78 is 5.93. The van der Waals surface area contributed by atoms with E-state index >= 15 is 0 Å². The summed E-state index contributed by atoms with van der Waals surface area (Å²) in [4.78, 5) is 0. The van der Waals surface area contributed by atoms with Gasteiger partial charge < -0.3 is 10.2 Å². The van der Waals surface area contributed by atoms with Crippen molar-refractivity contribution < 1.29 is 4.42 Å². The van der Waals surface area contributed by atoms with Crippen molar-refractivity contribution in [2.24, 2.45) is 5.73 Å². The van der Waals surface area contributed by atoms with Crippen LogP contribution in [0.1, 0.15) is 41.2 Å². The van der Waals surface area contributed by atoms with Crippen LogP contribution in [0.5, 0.6) is 0 Å². The predicted octanol–water partition coefficient (Wildman–Crippen LogP) is 4.36. The van der Waals surface area contributed by atoms with E-state index in [1.54, 1.807) is 0 Å². The first-order valence-corrected chi connectivity index (χ1v) is 7.63. The second-order valence-electron chi connectivity index (χ2n) is 5.91. The van der Waals surface area contributed by atoms with Gasteiger partial charge in [-0.05, 0) is 48.4 Å². The number of benzene rings is 2. The van der Waals surface area contributed by atoms with E-state index in [1.807, 2.05) is 0 Å². The van der Waals surface area contributed by atoms with Crippen LogP contribution < -0.4 is 5.73 Å². The minimum absolute atomic E-state index is 0.495. The van der Waals surface area contributed by atoms with Crippen LogP contribution in [0, 0.1) is 0 Å². The fourth-order valence-corrected chi connectivity index (χ4v) is 3.13. The Balaban J connectivity index is 1.76. The van der Waals surface area contributed by atoms with E-state index in [0.29, 0.717) is 12.5 Å². The highest BCUT2D eigenvalue weighted by Gasteiger charge is 2.30. The lowest BCUT2D eigenvalue weighted by atomic mass is 10.0. The lowest BCUT2D eigenvalue weighted by Crippen LogP contribution is -1.97. The summed E-state index contributed by atoms with van der Waals surface area (Å²) in [5, 5.41) is 1.27. The molecule has 1 heterocycles. The molecule has 0 spiro atoms. The third-order valence-corrected chi connectivity index (χ3v) is 4.29. The minimum Gasteiger partial charge on any atom is -0.459 e. The van der Waals surface area contributed by atoms with Crippen LogP contribution in [-0.2, 0) is 13.0 Å². The van der Waals surface area contributed by atoms with Gasteiger partial charge in [-0.2, -0.15) is 0 Å². The normalized spacial score (nSPS) is 14.7. The molecule has 0 aliphatic heterocycles. The zero-order valence-electron chi connectivity index (χ0n) is 12.0. The predicted molar refractivity (Wildman–Crippen MR) is 85.3 cm³/mol. The molecule has 1 fully saturated rings. The fraction of sp³-hybridized carbons (Fsp3) is 0.263. The fourth-order valence-electron chi connectivity index (χ4n) is 3.13. The zero-order chi connectivity index (χ0) is 14.2. The van der Waals surface area contributed by atoms with Crippen LogP contribution in [0.3, 0.4) is 0 Å². The van der Waals surface area contributed by atoms with Gasteiger partial charge in [0.25, 0.3) is 0 Å². The third kappa shape index (κ3) is 2.36. The molecule has 0 saturated heterocycles. The maximum absolute atomic E-state index is 5.93. The van der Waals surface area contributed by atoms with Crippen molar-refractivity contribution in [2.75, 3.05) is 0 Å². The summed E-state index contributed by atoms with van der Waals surface area (Å²) >= 11 is 0. The van der Waals surface area contributed by atoms with Crippen molar-refractivity contribution in [1.82, 2.24) is 0 Å². The van der Waals surface area contributed by atoms with Gasteiger partial charge in [-0.1, -0.05) is 36.4 Å². The monoisotopic (exact) mass is 277 g/mol. The van der Waals surface area contributed by atoms with Gasteiger partial charge in [0.05, 0.1) is 6.54 Å². The molecule has 0 amide bonds. The molecule has 1 aliphatic rings. The molecule has 1 aromatic heterocycles. The number of hydrogen-bond donors (Lipinski definition) is 1. The van der Waals surface area contributed by atoms with Gasteiger partial charge in [0, 0.05) is 10.9 Å². The Bertz CT molecular complexity index is 769. The Morgan fingerprint density at radius 2 is 1.81 bits per heavy atom. The molecule has 106 valence electrons. The van der Waals surface area contributed by atoms with Crippen molar-refractivity contribution >= 4 is 11.0 Å². The van der Waals surface area contributed by atoms with Crippen LogP contribution in [0.2, 0.25) is 0 Å². The highest BCUT2D eigenvalue weighted by molar-refractivity contribution is 5.84. The van der Waals surface area contributed by atoms with E-state index in [4.69, 9.17) is 10.2 Å². The Morgan fingerprint density at radius 3 is 2.52 bits per heavy atom. The number of fused-ring (bicyclic) bond motifs is 1. The van der Waals surface area contributed by atoms with Crippen LogP contribution >= 0.6 is 0 Å². The van der Waals surface area contributed by atoms with E-state index in [2.05, 4.69) is 48.5 Å². The number of rotatable bonds is 4. The van der Waals surface area contributed by atoms with Crippen molar-refractivity contribution in [2.45, 2.75) is 31.7 Å². The van der Waals surface area contributed by atoms with E-state index in [9.17, 15) is 0 Å². The maximum Gasteiger partial charge on any atom is 0.134 e. The van der Waals surface area contributed by atoms with Crippen molar-refractivity contribution in [3.8, 4) is 0 Å². The Labute approximate surface area is 124 Å². The van der Waals surface area contributed by atoms with Crippen LogP contribution in [0.25, 0.3) is 11.0 Å². The molecule has 0 unspecified atom stereocenters. The molecule has 21 heavy (non-hydrogen) atoms. The molecule has 0 bridgehead atoms. The Morgan fingerprint density at radius 1 is 1.00 bits per heavy atom. The summed E-state index contributed by atoms with van der Waals surface area (Å²) in [5.41, 5.74) is 10.9. The largest absolute Gasteiger partial charge is 0.459 e. The van der Waals surface area contributed by atoms with Gasteiger partial charge >= 0.3 is 0 Å². The van der Waals surface area contributed by atoms with Crippen molar-refractivity contribution in [1.29, 1.82) is 0 Å². The summed E-state index contributed by atoms with van der Waals surface area (Å²) in [7, 11) is 0. The molecular formula is C19H19NO. The zero-order valence-corrected chi connectivity index (χ0v) is 12.0. The van der Waals surface area contributed by atoms with Gasteiger partial charge in [-0.3, -0.25) is 0 Å². The van der Waals surface area contributed by atoms with E-state index in [0.717, 1.165) is 17.8 Å². The molecule has 4 rings (SSSR count). The summed E-state index contributed by atoms with van der Waals surface area (Å²) in [6.45, 7) is 0.495. The van der Waals surface area contributed by atoms with Gasteiger partial charge in [-0.15, -0.1) is 0 Å². The Hall–Kier alpha value is -2.06. The molecule has 0 radical (unpaired) electrons. The lowest BCUT2D eigenvalue weighted by molar-refractivity contribution is 0.545. The average Bonchev–Trinajstić information content (AvgIpc) is 3.29. The van der Waals surface area contributed by atoms with Gasteiger partial charge in [-0.25, -0.2) is 0 Å². The quantitative estimate of drug-likeness (QED) is 0.769. The first kappa shape index (κ1) is 12.7. The molecule has 2 N–H and O–H groups in total. The van der Waals surface area contributed by atoms with Crippen molar-refractivity contribution in [3.63, 3.8) is 0 Å². The third-order valence-electron chi connectivity index (χ3n) is 4.29. The lowest BCUT2D eigenvalue weighted by Gasteiger charge is -2.03. The van der Waals surface area contributed by atoms with E-state index in [1.165, 1.54) is 34.9 Å². The van der Waals surface area contributed by atoms with Crippen LogP contribution in [0.4, 0.5) is 0 Å². The molecular weight excluding hydrogens is 258 g/mol. The van der Waals surface area contributed by atoms with Crippen molar-refractivity contribution in [3.05, 3.63) is 71.0 Å². The van der Waals surface area contributed by atoms with E-state index in [-0.39, 0.29) is 0 Å². The van der Waals surface area contributed by atoms with Crippen LogP contribution in [0.15, 0.2) is 52.9 Å². The SMILES string of the molecule is NCc1oc2ccc(Cc3ccccc3)cc2c1C1CC1.